The molecule has 0 aliphatic carbocycles. The average Bonchev–Trinajstić information content (AvgIpc) is 2.34. The van der Waals surface area contributed by atoms with E-state index in [2.05, 4.69) is 15.9 Å². The van der Waals surface area contributed by atoms with Crippen LogP contribution in [0.1, 0.15) is 26.2 Å². The van der Waals surface area contributed by atoms with Gasteiger partial charge in [-0.15, -0.1) is 0 Å². The molecule has 1 aromatic carbocycles. The first kappa shape index (κ1) is 14.7. The van der Waals surface area contributed by atoms with Crippen molar-refractivity contribution in [1.29, 1.82) is 0 Å². The third-order valence-corrected chi connectivity index (χ3v) is 5.94. The van der Waals surface area contributed by atoms with Crippen molar-refractivity contribution in [2.24, 2.45) is 0 Å². The molecule has 2 N–H and O–H groups in total. The maximum atomic E-state index is 14.1. The van der Waals surface area contributed by atoms with Crippen LogP contribution in [-0.4, -0.2) is 25.3 Å². The molecule has 0 amide bonds. The van der Waals surface area contributed by atoms with E-state index >= 15 is 0 Å². The van der Waals surface area contributed by atoms with Gasteiger partial charge in [-0.25, -0.2) is 12.8 Å². The monoisotopic (exact) mass is 350 g/mol. The van der Waals surface area contributed by atoms with Crippen molar-refractivity contribution < 1.29 is 12.8 Å². The largest absolute Gasteiger partial charge is 0.399 e. The third kappa shape index (κ3) is 2.78. The van der Waals surface area contributed by atoms with Crippen LogP contribution in [0.5, 0.6) is 0 Å². The van der Waals surface area contributed by atoms with Crippen LogP contribution in [0.25, 0.3) is 0 Å². The molecule has 7 heteroatoms. The van der Waals surface area contributed by atoms with Crippen LogP contribution in [0, 0.1) is 5.82 Å². The van der Waals surface area contributed by atoms with Crippen molar-refractivity contribution in [1.82, 2.24) is 4.31 Å². The number of rotatable bonds is 2. The second kappa shape index (κ2) is 5.38. The quantitative estimate of drug-likeness (QED) is 0.834. The summed E-state index contributed by atoms with van der Waals surface area (Å²) in [5.41, 5.74) is 5.83. The molecule has 4 nitrogen and oxygen atoms in total. The van der Waals surface area contributed by atoms with Crippen molar-refractivity contribution in [3.8, 4) is 0 Å². The van der Waals surface area contributed by atoms with Crippen LogP contribution in [0.2, 0.25) is 0 Å². The summed E-state index contributed by atoms with van der Waals surface area (Å²) in [6.45, 7) is 2.27. The Balaban J connectivity index is 2.50. The SMILES string of the molecule is CC1CCCCN1S(=O)(=O)c1cc(N)cc(Br)c1F. The topological polar surface area (TPSA) is 63.4 Å². The molecule has 1 aliphatic rings. The van der Waals surface area contributed by atoms with E-state index in [4.69, 9.17) is 5.73 Å². The number of anilines is 1. The van der Waals surface area contributed by atoms with E-state index in [0.717, 1.165) is 19.3 Å². The number of nitrogens with zero attached hydrogens (tertiary/aromatic N) is 1. The van der Waals surface area contributed by atoms with Crippen molar-refractivity contribution in [3.05, 3.63) is 22.4 Å². The molecule has 106 valence electrons. The lowest BCUT2D eigenvalue weighted by atomic mass is 10.1. The highest BCUT2D eigenvalue weighted by Gasteiger charge is 2.33. The van der Waals surface area contributed by atoms with Crippen LogP contribution in [0.4, 0.5) is 10.1 Å². The molecule has 0 radical (unpaired) electrons. The van der Waals surface area contributed by atoms with E-state index in [1.165, 1.54) is 16.4 Å². The lowest BCUT2D eigenvalue weighted by Crippen LogP contribution is -2.42. The molecule has 0 saturated carbocycles. The predicted molar refractivity (Wildman–Crippen MR) is 75.7 cm³/mol. The van der Waals surface area contributed by atoms with Gasteiger partial charge in [-0.2, -0.15) is 4.31 Å². The molecule has 0 aromatic heterocycles. The van der Waals surface area contributed by atoms with E-state index in [0.29, 0.717) is 6.54 Å². The molecule has 1 fully saturated rings. The summed E-state index contributed by atoms with van der Waals surface area (Å²) in [4.78, 5) is -0.354. The van der Waals surface area contributed by atoms with Gasteiger partial charge < -0.3 is 5.73 Å². The lowest BCUT2D eigenvalue weighted by Gasteiger charge is -2.32. The van der Waals surface area contributed by atoms with Crippen molar-refractivity contribution in [2.75, 3.05) is 12.3 Å². The van der Waals surface area contributed by atoms with E-state index < -0.39 is 15.8 Å². The molecule has 2 rings (SSSR count). The van der Waals surface area contributed by atoms with Gasteiger partial charge in [-0.3, -0.25) is 0 Å². The van der Waals surface area contributed by atoms with Gasteiger partial charge in [0.2, 0.25) is 10.0 Å². The minimum absolute atomic E-state index is 0.0655. The highest BCUT2D eigenvalue weighted by Crippen LogP contribution is 2.31. The zero-order chi connectivity index (χ0) is 14.2. The van der Waals surface area contributed by atoms with Crippen LogP contribution >= 0.6 is 15.9 Å². The van der Waals surface area contributed by atoms with Gasteiger partial charge in [0.25, 0.3) is 0 Å². The Bertz CT molecular complexity index is 592. The summed E-state index contributed by atoms with van der Waals surface area (Å²) in [6.07, 6.45) is 2.59. The van der Waals surface area contributed by atoms with Gasteiger partial charge in [-0.05, 0) is 47.8 Å². The maximum absolute atomic E-state index is 14.1. The fourth-order valence-corrected chi connectivity index (χ4v) is 4.76. The first-order chi connectivity index (χ1) is 8.84. The van der Waals surface area contributed by atoms with E-state index in [1.54, 1.807) is 0 Å². The smallest absolute Gasteiger partial charge is 0.246 e. The second-order valence-corrected chi connectivity index (χ2v) is 7.49. The highest BCUT2D eigenvalue weighted by molar-refractivity contribution is 9.10. The number of hydrogen-bond donors (Lipinski definition) is 1. The van der Waals surface area contributed by atoms with Crippen molar-refractivity contribution in [2.45, 2.75) is 37.1 Å². The summed E-state index contributed by atoms with van der Waals surface area (Å²) in [5, 5.41) is 0. The zero-order valence-corrected chi connectivity index (χ0v) is 13.0. The van der Waals surface area contributed by atoms with Gasteiger partial charge in [0.05, 0.1) is 4.47 Å². The number of nitrogens with two attached hydrogens (primary N) is 1. The molecular formula is C12H16BrFN2O2S. The third-order valence-electron chi connectivity index (χ3n) is 3.35. The van der Waals surface area contributed by atoms with Gasteiger partial charge in [-0.1, -0.05) is 6.42 Å². The standard InChI is InChI=1S/C12H16BrFN2O2S/c1-8-4-2-3-5-16(8)19(17,18)11-7-9(15)6-10(13)12(11)14/h6-8H,2-5,15H2,1H3. The van der Waals surface area contributed by atoms with E-state index in [-0.39, 0.29) is 21.1 Å². The predicted octanol–water partition coefficient (Wildman–Crippen LogP) is 2.73. The Hall–Kier alpha value is -0.660. The number of benzene rings is 1. The average molecular weight is 351 g/mol. The number of hydrogen-bond acceptors (Lipinski definition) is 3. The first-order valence-corrected chi connectivity index (χ1v) is 8.33. The summed E-state index contributed by atoms with van der Waals surface area (Å²) in [7, 11) is -3.84. The Labute approximate surface area is 121 Å². The zero-order valence-electron chi connectivity index (χ0n) is 10.6. The Morgan fingerprint density at radius 2 is 2.11 bits per heavy atom. The fourth-order valence-electron chi connectivity index (χ4n) is 2.33. The molecule has 1 aromatic rings. The van der Waals surface area contributed by atoms with E-state index in [1.807, 2.05) is 6.92 Å². The Kier molecular flexibility index (Phi) is 4.17. The number of halogens is 2. The summed E-state index contributed by atoms with van der Waals surface area (Å²) in [6, 6.07) is 2.42. The summed E-state index contributed by atoms with van der Waals surface area (Å²) < 4.78 is 40.5. The lowest BCUT2D eigenvalue weighted by molar-refractivity contribution is 0.268. The van der Waals surface area contributed by atoms with Gasteiger partial charge in [0, 0.05) is 18.3 Å². The maximum Gasteiger partial charge on any atom is 0.246 e. The number of piperidine rings is 1. The summed E-state index contributed by atoms with van der Waals surface area (Å²) in [5.74, 6) is -0.785. The van der Waals surface area contributed by atoms with Crippen LogP contribution < -0.4 is 5.73 Å². The molecular weight excluding hydrogens is 335 g/mol. The normalized spacial score (nSPS) is 21.5. The fraction of sp³-hybridized carbons (Fsp3) is 0.500. The van der Waals surface area contributed by atoms with Gasteiger partial charge >= 0.3 is 0 Å². The molecule has 1 heterocycles. The molecule has 1 saturated heterocycles. The summed E-state index contributed by atoms with van der Waals surface area (Å²) >= 11 is 2.99. The molecule has 1 atom stereocenters. The van der Waals surface area contributed by atoms with Gasteiger partial charge in [0.15, 0.2) is 5.82 Å². The van der Waals surface area contributed by atoms with Crippen LogP contribution in [0.15, 0.2) is 21.5 Å². The Morgan fingerprint density at radius 3 is 2.74 bits per heavy atom. The molecule has 0 spiro atoms. The first-order valence-electron chi connectivity index (χ1n) is 6.10. The van der Waals surface area contributed by atoms with Crippen molar-refractivity contribution in [3.63, 3.8) is 0 Å². The van der Waals surface area contributed by atoms with Crippen molar-refractivity contribution >= 4 is 31.6 Å². The van der Waals surface area contributed by atoms with Crippen LogP contribution in [-0.2, 0) is 10.0 Å². The number of nitrogen functional groups attached to an aromatic ring is 1. The molecule has 1 unspecified atom stereocenters. The van der Waals surface area contributed by atoms with Crippen LogP contribution in [0.3, 0.4) is 0 Å². The number of sulfonamides is 1. The molecule has 0 bridgehead atoms. The van der Waals surface area contributed by atoms with Gasteiger partial charge in [0.1, 0.15) is 4.90 Å². The second-order valence-electron chi connectivity index (χ2n) is 4.78. The van der Waals surface area contributed by atoms with E-state index in [9.17, 15) is 12.8 Å². The Morgan fingerprint density at radius 1 is 1.42 bits per heavy atom. The molecule has 19 heavy (non-hydrogen) atoms. The molecule has 1 aliphatic heterocycles. The highest BCUT2D eigenvalue weighted by atomic mass is 79.9. The minimum atomic E-state index is -3.84. The minimum Gasteiger partial charge on any atom is -0.399 e.